The van der Waals surface area contributed by atoms with Gasteiger partial charge in [-0.25, -0.2) is 0 Å². The lowest BCUT2D eigenvalue weighted by Crippen LogP contribution is -2.38. The molecule has 6 heteroatoms. The molecule has 154 valence electrons. The summed E-state index contributed by atoms with van der Waals surface area (Å²) in [4.78, 5) is 7.93. The Kier molecular flexibility index (Phi) is 7.87. The van der Waals surface area contributed by atoms with Crippen LogP contribution in [0, 0.1) is 6.92 Å². The number of aromatic nitrogens is 1. The lowest BCUT2D eigenvalue weighted by atomic mass is 10.1. The van der Waals surface area contributed by atoms with Crippen molar-refractivity contribution < 1.29 is 4.21 Å². The molecule has 0 fully saturated rings. The molecular formula is C23H30N4OS. The first-order chi connectivity index (χ1) is 14.2. The second-order valence-corrected chi connectivity index (χ2v) is 8.65. The Morgan fingerprint density at radius 2 is 1.97 bits per heavy atom. The Morgan fingerprint density at radius 3 is 2.76 bits per heavy atom. The van der Waals surface area contributed by atoms with Crippen LogP contribution in [0.4, 0.5) is 0 Å². The van der Waals surface area contributed by atoms with Gasteiger partial charge in [-0.1, -0.05) is 42.5 Å². The molecule has 1 heterocycles. The maximum absolute atomic E-state index is 12.3. The summed E-state index contributed by atoms with van der Waals surface area (Å²) in [5.74, 6) is 1.92. The van der Waals surface area contributed by atoms with E-state index < -0.39 is 10.8 Å². The van der Waals surface area contributed by atoms with E-state index >= 15 is 0 Å². The molecule has 0 spiro atoms. The number of benzene rings is 2. The predicted octanol–water partition coefficient (Wildman–Crippen LogP) is 3.52. The minimum atomic E-state index is -0.906. The number of aromatic amines is 1. The minimum absolute atomic E-state index is 0.543. The molecule has 3 N–H and O–H groups in total. The Morgan fingerprint density at radius 1 is 1.14 bits per heavy atom. The topological polar surface area (TPSA) is 69.3 Å². The number of H-pyrrole nitrogens is 1. The summed E-state index contributed by atoms with van der Waals surface area (Å²) >= 11 is 0. The van der Waals surface area contributed by atoms with E-state index in [4.69, 9.17) is 0 Å². The van der Waals surface area contributed by atoms with Gasteiger partial charge in [0.1, 0.15) is 0 Å². The molecule has 1 aromatic heterocycles. The van der Waals surface area contributed by atoms with Gasteiger partial charge in [0.05, 0.1) is 6.54 Å². The van der Waals surface area contributed by atoms with E-state index in [1.54, 1.807) is 0 Å². The van der Waals surface area contributed by atoms with Gasteiger partial charge in [0.15, 0.2) is 5.96 Å². The summed E-state index contributed by atoms with van der Waals surface area (Å²) in [6, 6.07) is 16.5. The first kappa shape index (κ1) is 21.1. The second kappa shape index (κ2) is 10.8. The fraction of sp³-hybridized carbons (Fsp3) is 0.348. The highest BCUT2D eigenvalue weighted by Gasteiger charge is 2.05. The summed E-state index contributed by atoms with van der Waals surface area (Å²) in [6.07, 6.45) is 3.00. The number of rotatable bonds is 9. The van der Waals surface area contributed by atoms with Gasteiger partial charge in [0.2, 0.25) is 0 Å². The molecule has 0 amide bonds. The van der Waals surface area contributed by atoms with Crippen molar-refractivity contribution in [2.75, 3.05) is 25.4 Å². The van der Waals surface area contributed by atoms with Crippen LogP contribution >= 0.6 is 0 Å². The number of aryl methyl sites for hydroxylation is 1. The molecule has 3 aromatic rings. The second-order valence-electron chi connectivity index (χ2n) is 7.07. The van der Waals surface area contributed by atoms with Crippen LogP contribution in [0.25, 0.3) is 10.9 Å². The minimum Gasteiger partial charge on any atom is -0.361 e. The number of fused-ring (bicyclic) bond motifs is 1. The van der Waals surface area contributed by atoms with Crippen LogP contribution in [0.15, 0.2) is 59.7 Å². The maximum Gasteiger partial charge on any atom is 0.191 e. The zero-order valence-corrected chi connectivity index (χ0v) is 18.0. The third kappa shape index (κ3) is 6.46. The van der Waals surface area contributed by atoms with E-state index in [2.05, 4.69) is 51.9 Å². The van der Waals surface area contributed by atoms with E-state index in [1.165, 1.54) is 22.0 Å². The van der Waals surface area contributed by atoms with Gasteiger partial charge in [-0.3, -0.25) is 9.20 Å². The van der Waals surface area contributed by atoms with Gasteiger partial charge in [-0.05, 0) is 43.0 Å². The monoisotopic (exact) mass is 410 g/mol. The van der Waals surface area contributed by atoms with Crippen LogP contribution in [-0.4, -0.2) is 40.5 Å². The molecule has 0 aliphatic carbocycles. The third-order valence-electron chi connectivity index (χ3n) is 4.71. The van der Waals surface area contributed by atoms with Crippen molar-refractivity contribution in [1.82, 2.24) is 15.6 Å². The number of hydrogen-bond acceptors (Lipinski definition) is 2. The summed E-state index contributed by atoms with van der Waals surface area (Å²) in [5.41, 5.74) is 4.85. The number of aliphatic imine (C=N–C) groups is 1. The maximum atomic E-state index is 12.3. The Hall–Kier alpha value is -2.60. The molecule has 0 aliphatic heterocycles. The van der Waals surface area contributed by atoms with Crippen LogP contribution in [0.5, 0.6) is 0 Å². The van der Waals surface area contributed by atoms with Crippen molar-refractivity contribution in [3.63, 3.8) is 0 Å². The molecular weight excluding hydrogens is 380 g/mol. The fourth-order valence-corrected chi connectivity index (χ4v) is 4.26. The Bertz CT molecular complexity index is 965. The van der Waals surface area contributed by atoms with Gasteiger partial charge in [0, 0.05) is 52.5 Å². The SMILES string of the molecule is CCNC(=NCCS(=O)Cc1ccccc1)NCCc1c[nH]c2cc(C)ccc12. The van der Waals surface area contributed by atoms with Gasteiger partial charge < -0.3 is 15.6 Å². The molecule has 0 bridgehead atoms. The Balaban J connectivity index is 1.48. The molecule has 0 radical (unpaired) electrons. The summed E-state index contributed by atoms with van der Waals surface area (Å²) < 4.78 is 12.3. The van der Waals surface area contributed by atoms with E-state index in [9.17, 15) is 4.21 Å². The largest absolute Gasteiger partial charge is 0.361 e. The van der Waals surface area contributed by atoms with E-state index in [-0.39, 0.29) is 0 Å². The quantitative estimate of drug-likeness (QED) is 0.373. The lowest BCUT2D eigenvalue weighted by Gasteiger charge is -2.11. The normalized spacial score (nSPS) is 12.8. The predicted molar refractivity (Wildman–Crippen MR) is 124 cm³/mol. The van der Waals surface area contributed by atoms with E-state index in [0.29, 0.717) is 18.1 Å². The van der Waals surface area contributed by atoms with Crippen molar-refractivity contribution >= 4 is 27.7 Å². The first-order valence-electron chi connectivity index (χ1n) is 10.1. The molecule has 0 aliphatic rings. The van der Waals surface area contributed by atoms with Crippen LogP contribution in [0.1, 0.15) is 23.6 Å². The highest BCUT2D eigenvalue weighted by molar-refractivity contribution is 7.84. The smallest absolute Gasteiger partial charge is 0.191 e. The van der Waals surface area contributed by atoms with E-state index in [1.807, 2.05) is 37.3 Å². The zero-order valence-electron chi connectivity index (χ0n) is 17.2. The zero-order chi connectivity index (χ0) is 20.5. The molecule has 2 aromatic carbocycles. The van der Waals surface area contributed by atoms with Gasteiger partial charge >= 0.3 is 0 Å². The van der Waals surface area contributed by atoms with Crippen molar-refractivity contribution in [1.29, 1.82) is 0 Å². The lowest BCUT2D eigenvalue weighted by molar-refractivity contribution is 0.682. The van der Waals surface area contributed by atoms with Gasteiger partial charge in [-0.2, -0.15) is 0 Å². The van der Waals surface area contributed by atoms with Gasteiger partial charge in [0.25, 0.3) is 0 Å². The van der Waals surface area contributed by atoms with E-state index in [0.717, 1.165) is 31.0 Å². The average Bonchev–Trinajstić information content (AvgIpc) is 3.10. The van der Waals surface area contributed by atoms with Crippen molar-refractivity contribution in [2.24, 2.45) is 4.99 Å². The van der Waals surface area contributed by atoms with Crippen LogP contribution in [0.2, 0.25) is 0 Å². The molecule has 29 heavy (non-hydrogen) atoms. The molecule has 5 nitrogen and oxygen atoms in total. The molecule has 0 saturated heterocycles. The third-order valence-corrected chi connectivity index (χ3v) is 6.01. The van der Waals surface area contributed by atoms with Crippen molar-refractivity contribution in [2.45, 2.75) is 26.0 Å². The van der Waals surface area contributed by atoms with Crippen LogP contribution in [-0.2, 0) is 23.0 Å². The summed E-state index contributed by atoms with van der Waals surface area (Å²) in [5, 5.41) is 7.92. The Labute approximate surface area is 175 Å². The molecule has 0 saturated carbocycles. The first-order valence-corrected chi connectivity index (χ1v) is 11.6. The number of nitrogens with one attached hydrogen (secondary N) is 3. The average molecular weight is 411 g/mol. The molecule has 1 atom stereocenters. The highest BCUT2D eigenvalue weighted by Crippen LogP contribution is 2.19. The van der Waals surface area contributed by atoms with Crippen molar-refractivity contribution in [3.8, 4) is 0 Å². The molecule has 1 unspecified atom stereocenters. The summed E-state index contributed by atoms with van der Waals surface area (Å²) in [6.45, 7) is 6.28. The fourth-order valence-electron chi connectivity index (χ4n) is 3.26. The standard InChI is InChI=1S/C23H30N4OS/c1-3-24-23(26-13-14-29(28)17-19-7-5-4-6-8-19)25-12-11-20-16-27-22-15-18(2)9-10-21(20)22/h4-10,15-16,27H,3,11-14,17H2,1-2H3,(H2,24,25,26). The van der Waals surface area contributed by atoms with Crippen LogP contribution in [0.3, 0.4) is 0 Å². The number of hydrogen-bond donors (Lipinski definition) is 3. The molecule has 3 rings (SSSR count). The summed E-state index contributed by atoms with van der Waals surface area (Å²) in [7, 11) is -0.906. The van der Waals surface area contributed by atoms with Crippen molar-refractivity contribution in [3.05, 3.63) is 71.4 Å². The number of guanidine groups is 1. The number of nitrogens with zero attached hydrogens (tertiary/aromatic N) is 1. The van der Waals surface area contributed by atoms with Gasteiger partial charge in [-0.15, -0.1) is 0 Å². The van der Waals surface area contributed by atoms with Crippen LogP contribution < -0.4 is 10.6 Å². The highest BCUT2D eigenvalue weighted by atomic mass is 32.2.